The van der Waals surface area contributed by atoms with Crippen LogP contribution < -0.4 is 17.0 Å². The van der Waals surface area contributed by atoms with Crippen LogP contribution in [0.15, 0.2) is 32.9 Å². The predicted octanol–water partition coefficient (Wildman–Crippen LogP) is -0.731. The van der Waals surface area contributed by atoms with Crippen LogP contribution in [-0.4, -0.2) is 86.5 Å². The third-order valence-electron chi connectivity index (χ3n) is 6.38. The van der Waals surface area contributed by atoms with E-state index in [0.29, 0.717) is 4.47 Å². The van der Waals surface area contributed by atoms with Crippen LogP contribution in [0, 0.1) is 0 Å². The van der Waals surface area contributed by atoms with E-state index in [-0.39, 0.29) is 29.8 Å². The number of aromatic nitrogens is 6. The molecule has 0 radical (unpaired) electrons. The van der Waals surface area contributed by atoms with Crippen molar-refractivity contribution in [1.82, 2.24) is 29.1 Å². The summed E-state index contributed by atoms with van der Waals surface area (Å²) in [5.74, 6) is -0.0400. The van der Waals surface area contributed by atoms with E-state index in [1.54, 1.807) is 0 Å². The zero-order chi connectivity index (χ0) is 30.4. The average Bonchev–Trinajstić information content (AvgIpc) is 3.60. The maximum absolute atomic E-state index is 12.9. The normalized spacial score (nSPS) is 27.9. The number of fused-ring (bicyclic) bond motifs is 1. The Morgan fingerprint density at radius 1 is 1.07 bits per heavy atom. The molecule has 7 atom stereocenters. The molecule has 230 valence electrons. The molecule has 0 saturated carbocycles. The molecule has 1 unspecified atom stereocenters. The second kappa shape index (κ2) is 11.9. The van der Waals surface area contributed by atoms with Crippen molar-refractivity contribution in [2.24, 2.45) is 0 Å². The first-order valence-corrected chi connectivity index (χ1v) is 15.8. The van der Waals surface area contributed by atoms with Crippen molar-refractivity contribution in [1.29, 1.82) is 0 Å². The number of nitrogens with zero attached hydrogens (tertiary/aromatic N) is 5. The van der Waals surface area contributed by atoms with Gasteiger partial charge in [-0.15, -0.1) is 0 Å². The smallest absolute Gasteiger partial charge is 0.390 e. The molecular weight excluding hydrogens is 676 g/mol. The highest BCUT2D eigenvalue weighted by Crippen LogP contribution is 2.50. The number of halogens is 1. The minimum Gasteiger partial charge on any atom is -0.390 e. The standard InChI is InChI=1S/C19H24BrN7O13P2/c20-8-3-26(19(30)25-16(8)21)13-1-9(28)11(38-13)4-37-42(34,35)40-10-2-14(39-12(10)5-36-41(31,32)33)27-7-24-15-17(27)22-6-23-18(15)29/h3,6-7,9-14,28H,1-2,4-5H2,(H,34,35)(H2,21,25,30)(H,22,23,29)(H2,31,32,33)/t9-,10-,11+,12+,13+,14+/m0/s1. The molecule has 0 aromatic carbocycles. The SMILES string of the molecule is Nc1nc(=O)n([C@H]2C[C@H](O)[C@@H](COP(=O)(O)O[C@H]3C[C@H](n4cnc5c(=O)[nH]cnc54)O[C@@H]3COP(=O)(O)O)O2)cc1Br. The number of hydrogen-bond donors (Lipinski definition) is 6. The molecule has 5 heterocycles. The van der Waals surface area contributed by atoms with Gasteiger partial charge in [-0.1, -0.05) is 0 Å². The molecule has 2 aliphatic rings. The third kappa shape index (κ3) is 6.88. The Labute approximate surface area is 242 Å². The number of aliphatic hydroxyl groups is 1. The Bertz CT molecular complexity index is 1680. The number of nitrogen functional groups attached to an aromatic ring is 1. The van der Waals surface area contributed by atoms with Gasteiger partial charge in [0.1, 0.15) is 36.6 Å². The molecule has 3 aromatic heterocycles. The van der Waals surface area contributed by atoms with Crippen molar-refractivity contribution >= 4 is 48.6 Å². The van der Waals surface area contributed by atoms with Crippen LogP contribution in [0.3, 0.4) is 0 Å². The lowest BCUT2D eigenvalue weighted by Gasteiger charge is -2.22. The van der Waals surface area contributed by atoms with E-state index < -0.39 is 77.0 Å². The first-order valence-electron chi connectivity index (χ1n) is 12.0. The minimum absolute atomic E-state index is 0.0116. The number of H-pyrrole nitrogens is 1. The minimum atomic E-state index is -4.95. The molecule has 3 aromatic rings. The molecule has 0 spiro atoms. The zero-order valence-corrected chi connectivity index (χ0v) is 24.4. The highest BCUT2D eigenvalue weighted by Gasteiger charge is 2.44. The Kier molecular flexibility index (Phi) is 8.83. The first kappa shape index (κ1) is 31.0. The van der Waals surface area contributed by atoms with Crippen molar-refractivity contribution in [3.63, 3.8) is 0 Å². The van der Waals surface area contributed by atoms with Crippen LogP contribution in [0.2, 0.25) is 0 Å². The van der Waals surface area contributed by atoms with Gasteiger partial charge in [0.15, 0.2) is 11.2 Å². The van der Waals surface area contributed by atoms with Crippen LogP contribution in [0.5, 0.6) is 0 Å². The molecule has 23 heteroatoms. The van der Waals surface area contributed by atoms with Crippen LogP contribution >= 0.6 is 31.6 Å². The van der Waals surface area contributed by atoms with Gasteiger partial charge < -0.3 is 40.0 Å². The second-order valence-corrected chi connectivity index (χ2v) is 12.7. The Hall–Kier alpha value is -2.39. The fourth-order valence-corrected chi connectivity index (χ4v) is 6.06. The molecule has 7 N–H and O–H groups in total. The van der Waals surface area contributed by atoms with E-state index in [2.05, 4.69) is 40.4 Å². The third-order valence-corrected chi connectivity index (χ3v) is 8.49. The number of aliphatic hydroxyl groups excluding tert-OH is 1. The lowest BCUT2D eigenvalue weighted by atomic mass is 10.2. The predicted molar refractivity (Wildman–Crippen MR) is 140 cm³/mol. The summed E-state index contributed by atoms with van der Waals surface area (Å²) in [6, 6.07) is 0. The number of imidazole rings is 1. The van der Waals surface area contributed by atoms with E-state index in [9.17, 15) is 28.7 Å². The van der Waals surface area contributed by atoms with Crippen molar-refractivity contribution in [3.05, 3.63) is 44.2 Å². The maximum Gasteiger partial charge on any atom is 0.472 e. The number of phosphoric acid groups is 2. The summed E-state index contributed by atoms with van der Waals surface area (Å²) >= 11 is 3.15. The monoisotopic (exact) mass is 699 g/mol. The molecule has 20 nitrogen and oxygen atoms in total. The Balaban J connectivity index is 1.26. The average molecular weight is 700 g/mol. The van der Waals surface area contributed by atoms with Gasteiger partial charge in [0, 0.05) is 19.0 Å². The van der Waals surface area contributed by atoms with Gasteiger partial charge >= 0.3 is 21.3 Å². The molecule has 0 aliphatic carbocycles. The summed E-state index contributed by atoms with van der Waals surface area (Å²) < 4.78 is 53.2. The number of ether oxygens (including phenoxy) is 2. The van der Waals surface area contributed by atoms with E-state index in [0.717, 1.165) is 10.9 Å². The number of phosphoric ester groups is 2. The fourth-order valence-electron chi connectivity index (χ4n) is 4.45. The molecule has 2 fully saturated rings. The summed E-state index contributed by atoms with van der Waals surface area (Å²) in [6.07, 6.45) is -3.45. The van der Waals surface area contributed by atoms with Gasteiger partial charge in [0.25, 0.3) is 5.56 Å². The number of aromatic amines is 1. The summed E-state index contributed by atoms with van der Waals surface area (Å²) in [5.41, 5.74) is 4.43. The van der Waals surface area contributed by atoms with Crippen LogP contribution in [0.1, 0.15) is 25.3 Å². The molecule has 2 aliphatic heterocycles. The lowest BCUT2D eigenvalue weighted by Crippen LogP contribution is -2.30. The van der Waals surface area contributed by atoms with Crippen molar-refractivity contribution < 1.29 is 52.0 Å². The van der Waals surface area contributed by atoms with Gasteiger partial charge in [-0.2, -0.15) is 4.98 Å². The van der Waals surface area contributed by atoms with Gasteiger partial charge in [0.2, 0.25) is 0 Å². The zero-order valence-electron chi connectivity index (χ0n) is 21.1. The number of nitrogens with one attached hydrogen (secondary N) is 1. The maximum atomic E-state index is 12.9. The Morgan fingerprint density at radius 2 is 1.76 bits per heavy atom. The lowest BCUT2D eigenvalue weighted by molar-refractivity contribution is -0.0562. The first-order chi connectivity index (χ1) is 19.7. The van der Waals surface area contributed by atoms with E-state index in [1.165, 1.54) is 17.1 Å². The fraction of sp³-hybridized carbons (Fsp3) is 0.526. The van der Waals surface area contributed by atoms with Gasteiger partial charge in [-0.3, -0.25) is 27.5 Å². The number of anilines is 1. The topological polar surface area (TPSA) is 286 Å². The summed E-state index contributed by atoms with van der Waals surface area (Å²) in [6.45, 7) is -1.37. The van der Waals surface area contributed by atoms with Crippen molar-refractivity contribution in [2.45, 2.75) is 49.7 Å². The van der Waals surface area contributed by atoms with Gasteiger partial charge in [-0.25, -0.2) is 23.9 Å². The highest BCUT2D eigenvalue weighted by atomic mass is 79.9. The van der Waals surface area contributed by atoms with Crippen LogP contribution in [0.4, 0.5) is 5.82 Å². The molecule has 0 amide bonds. The molecule has 0 bridgehead atoms. The largest absolute Gasteiger partial charge is 0.472 e. The second-order valence-electron chi connectivity index (χ2n) is 9.21. The van der Waals surface area contributed by atoms with Crippen LogP contribution in [0.25, 0.3) is 11.2 Å². The van der Waals surface area contributed by atoms with E-state index >= 15 is 0 Å². The molecule has 42 heavy (non-hydrogen) atoms. The number of nitrogens with two attached hydrogens (primary N) is 1. The van der Waals surface area contributed by atoms with Gasteiger partial charge in [0.05, 0.1) is 36.4 Å². The Morgan fingerprint density at radius 3 is 2.50 bits per heavy atom. The van der Waals surface area contributed by atoms with E-state index in [4.69, 9.17) is 34.0 Å². The van der Waals surface area contributed by atoms with E-state index in [1.807, 2.05) is 0 Å². The summed E-state index contributed by atoms with van der Waals surface area (Å²) in [4.78, 5) is 66.9. The van der Waals surface area contributed by atoms with Gasteiger partial charge in [-0.05, 0) is 15.9 Å². The summed E-state index contributed by atoms with van der Waals surface area (Å²) in [7, 11) is -9.87. The van der Waals surface area contributed by atoms with Crippen molar-refractivity contribution in [3.8, 4) is 0 Å². The molecular formula is C19H24BrN7O13P2. The van der Waals surface area contributed by atoms with Crippen molar-refractivity contribution in [2.75, 3.05) is 18.9 Å². The van der Waals surface area contributed by atoms with Crippen LogP contribution in [-0.2, 0) is 32.2 Å². The highest BCUT2D eigenvalue weighted by molar-refractivity contribution is 9.10. The quantitative estimate of drug-likeness (QED) is 0.142. The summed E-state index contributed by atoms with van der Waals surface area (Å²) in [5, 5.41) is 10.4. The molecule has 5 rings (SSSR count). The molecule has 2 saturated heterocycles. The number of rotatable bonds is 10. The number of hydrogen-bond acceptors (Lipinski definition) is 14.